The number of hydrogen-bond acceptors (Lipinski definition) is 3. The van der Waals surface area contributed by atoms with Crippen LogP contribution < -0.4 is 16.0 Å². The van der Waals surface area contributed by atoms with E-state index in [9.17, 15) is 9.59 Å². The molecule has 0 unspecified atom stereocenters. The van der Waals surface area contributed by atoms with Gasteiger partial charge in [-0.3, -0.25) is 9.59 Å². The maximum Gasteiger partial charge on any atom is 0.239 e. The molecule has 7 nitrogen and oxygen atoms in total. The Labute approximate surface area is 168 Å². The summed E-state index contributed by atoms with van der Waals surface area (Å²) in [6, 6.07) is 8.06. The number of likely N-dealkylation sites (tertiary alicyclic amines) is 1. The number of carbonyl (C=O) groups is 2. The first kappa shape index (κ1) is 21.7. The Morgan fingerprint density at radius 1 is 1.18 bits per heavy atom. The van der Waals surface area contributed by atoms with Crippen LogP contribution in [0.15, 0.2) is 29.3 Å². The summed E-state index contributed by atoms with van der Waals surface area (Å²) in [4.78, 5) is 30.5. The lowest BCUT2D eigenvalue weighted by atomic mass is 10.1. The molecule has 154 valence electrons. The van der Waals surface area contributed by atoms with Crippen molar-refractivity contribution in [1.29, 1.82) is 0 Å². The quantitative estimate of drug-likeness (QED) is 0.492. The molecule has 3 N–H and O–H groups in total. The van der Waals surface area contributed by atoms with Crippen LogP contribution in [0.5, 0.6) is 0 Å². The van der Waals surface area contributed by atoms with E-state index in [4.69, 9.17) is 0 Å². The van der Waals surface area contributed by atoms with Gasteiger partial charge in [0.2, 0.25) is 11.8 Å². The number of amides is 2. The summed E-state index contributed by atoms with van der Waals surface area (Å²) in [6.45, 7) is 10.6. The summed E-state index contributed by atoms with van der Waals surface area (Å²) in [7, 11) is 0. The van der Waals surface area contributed by atoms with Gasteiger partial charge in [-0.05, 0) is 45.2 Å². The van der Waals surface area contributed by atoms with E-state index >= 15 is 0 Å². The second-order valence-electron chi connectivity index (χ2n) is 8.03. The molecule has 0 spiro atoms. The minimum atomic E-state index is -0.264. The van der Waals surface area contributed by atoms with Gasteiger partial charge in [-0.2, -0.15) is 0 Å². The number of benzene rings is 1. The molecule has 1 aliphatic rings. The Kier molecular flexibility index (Phi) is 7.84. The fourth-order valence-electron chi connectivity index (χ4n) is 3.08. The fraction of sp³-hybridized carbons (Fsp3) is 0.571. The van der Waals surface area contributed by atoms with Crippen LogP contribution in [-0.4, -0.2) is 47.8 Å². The fourth-order valence-corrected chi connectivity index (χ4v) is 3.08. The van der Waals surface area contributed by atoms with E-state index in [1.165, 1.54) is 0 Å². The van der Waals surface area contributed by atoms with Gasteiger partial charge >= 0.3 is 0 Å². The molecule has 28 heavy (non-hydrogen) atoms. The van der Waals surface area contributed by atoms with Crippen LogP contribution >= 0.6 is 0 Å². The number of nitrogens with zero attached hydrogens (tertiary/aromatic N) is 2. The van der Waals surface area contributed by atoms with Crippen molar-refractivity contribution >= 4 is 17.8 Å². The van der Waals surface area contributed by atoms with E-state index in [2.05, 4.69) is 20.9 Å². The summed E-state index contributed by atoms with van der Waals surface area (Å²) in [5.41, 5.74) is 1.93. The molecule has 1 fully saturated rings. The predicted molar refractivity (Wildman–Crippen MR) is 112 cm³/mol. The number of rotatable bonds is 7. The van der Waals surface area contributed by atoms with Gasteiger partial charge in [0.25, 0.3) is 0 Å². The molecule has 7 heteroatoms. The summed E-state index contributed by atoms with van der Waals surface area (Å²) in [6.07, 6.45) is 1.58. The van der Waals surface area contributed by atoms with E-state index in [1.807, 2.05) is 56.9 Å². The SMILES string of the molecule is CCNC(=NCc1ccccc1CN1CCCC1=O)NCC(=O)NC(C)(C)C. The molecule has 0 aromatic heterocycles. The third kappa shape index (κ3) is 7.21. The van der Waals surface area contributed by atoms with Crippen LogP contribution in [-0.2, 0) is 22.7 Å². The largest absolute Gasteiger partial charge is 0.357 e. The zero-order chi connectivity index (χ0) is 20.6. The van der Waals surface area contributed by atoms with E-state index in [0.717, 1.165) is 24.1 Å². The molecule has 2 rings (SSSR count). The minimum Gasteiger partial charge on any atom is -0.357 e. The molecule has 0 aliphatic carbocycles. The summed E-state index contributed by atoms with van der Waals surface area (Å²) < 4.78 is 0. The third-order valence-corrected chi connectivity index (χ3v) is 4.33. The van der Waals surface area contributed by atoms with Gasteiger partial charge < -0.3 is 20.9 Å². The first-order chi connectivity index (χ1) is 13.3. The van der Waals surface area contributed by atoms with Gasteiger partial charge in [0.05, 0.1) is 13.1 Å². The van der Waals surface area contributed by atoms with Gasteiger partial charge in [-0.25, -0.2) is 4.99 Å². The molecule has 1 aliphatic heterocycles. The van der Waals surface area contributed by atoms with Gasteiger partial charge in [0.15, 0.2) is 5.96 Å². The van der Waals surface area contributed by atoms with E-state index in [-0.39, 0.29) is 23.9 Å². The van der Waals surface area contributed by atoms with E-state index < -0.39 is 0 Å². The Hall–Kier alpha value is -2.57. The number of aliphatic imine (C=N–C) groups is 1. The number of carbonyl (C=O) groups excluding carboxylic acids is 2. The average Bonchev–Trinajstić information content (AvgIpc) is 3.02. The van der Waals surface area contributed by atoms with Gasteiger partial charge in [-0.1, -0.05) is 24.3 Å². The van der Waals surface area contributed by atoms with Crippen molar-refractivity contribution in [3.8, 4) is 0 Å². The van der Waals surface area contributed by atoms with Crippen LogP contribution in [0.3, 0.4) is 0 Å². The van der Waals surface area contributed by atoms with Gasteiger partial charge in [-0.15, -0.1) is 0 Å². The molecule has 1 heterocycles. The number of guanidine groups is 1. The van der Waals surface area contributed by atoms with Crippen molar-refractivity contribution in [2.75, 3.05) is 19.6 Å². The monoisotopic (exact) mass is 387 g/mol. The van der Waals surface area contributed by atoms with E-state index in [0.29, 0.717) is 32.0 Å². The van der Waals surface area contributed by atoms with Crippen LogP contribution in [0.25, 0.3) is 0 Å². The molecule has 2 amide bonds. The first-order valence-corrected chi connectivity index (χ1v) is 9.96. The lowest BCUT2D eigenvalue weighted by Gasteiger charge is -2.21. The summed E-state index contributed by atoms with van der Waals surface area (Å²) in [5.74, 6) is 0.739. The molecule has 0 atom stereocenters. The van der Waals surface area contributed by atoms with Gasteiger partial charge in [0.1, 0.15) is 0 Å². The zero-order valence-corrected chi connectivity index (χ0v) is 17.5. The van der Waals surface area contributed by atoms with Crippen LogP contribution in [0.2, 0.25) is 0 Å². The second kappa shape index (κ2) is 10.1. The molecule has 1 aromatic carbocycles. The Morgan fingerprint density at radius 2 is 1.89 bits per heavy atom. The normalized spacial score (nSPS) is 14.9. The highest BCUT2D eigenvalue weighted by Gasteiger charge is 2.20. The van der Waals surface area contributed by atoms with Crippen LogP contribution in [0.4, 0.5) is 0 Å². The molecule has 0 saturated carbocycles. The van der Waals surface area contributed by atoms with Crippen molar-refractivity contribution in [3.63, 3.8) is 0 Å². The molecular formula is C21H33N5O2. The van der Waals surface area contributed by atoms with Gasteiger partial charge in [0, 0.05) is 31.6 Å². The lowest BCUT2D eigenvalue weighted by Crippen LogP contribution is -2.48. The highest BCUT2D eigenvalue weighted by molar-refractivity contribution is 5.86. The molecular weight excluding hydrogens is 354 g/mol. The summed E-state index contributed by atoms with van der Waals surface area (Å²) in [5, 5.41) is 9.16. The maximum atomic E-state index is 12.0. The van der Waals surface area contributed by atoms with E-state index in [1.54, 1.807) is 0 Å². The summed E-state index contributed by atoms with van der Waals surface area (Å²) >= 11 is 0. The van der Waals surface area contributed by atoms with Crippen LogP contribution in [0, 0.1) is 0 Å². The molecule has 1 aromatic rings. The number of hydrogen-bond donors (Lipinski definition) is 3. The first-order valence-electron chi connectivity index (χ1n) is 9.96. The minimum absolute atomic E-state index is 0.0777. The average molecular weight is 388 g/mol. The second-order valence-corrected chi connectivity index (χ2v) is 8.03. The van der Waals surface area contributed by atoms with Crippen molar-refractivity contribution in [2.45, 2.75) is 59.2 Å². The Bertz CT molecular complexity index is 709. The van der Waals surface area contributed by atoms with Crippen molar-refractivity contribution in [3.05, 3.63) is 35.4 Å². The molecule has 0 radical (unpaired) electrons. The Balaban J connectivity index is 2.00. The predicted octanol–water partition coefficient (Wildman–Crippen LogP) is 1.78. The van der Waals surface area contributed by atoms with Crippen molar-refractivity contribution in [1.82, 2.24) is 20.9 Å². The zero-order valence-electron chi connectivity index (χ0n) is 17.5. The smallest absolute Gasteiger partial charge is 0.239 e. The topological polar surface area (TPSA) is 85.8 Å². The lowest BCUT2D eigenvalue weighted by molar-refractivity contribution is -0.128. The standard InChI is InChI=1S/C21H33N5O2/c1-5-22-20(24-14-18(27)25-21(2,3)4)23-13-16-9-6-7-10-17(16)15-26-12-8-11-19(26)28/h6-7,9-10H,5,8,11-15H2,1-4H3,(H,25,27)(H2,22,23,24). The molecule has 0 bridgehead atoms. The molecule has 1 saturated heterocycles. The highest BCUT2D eigenvalue weighted by Crippen LogP contribution is 2.17. The maximum absolute atomic E-state index is 12.0. The highest BCUT2D eigenvalue weighted by atomic mass is 16.2. The van der Waals surface area contributed by atoms with Crippen molar-refractivity contribution in [2.24, 2.45) is 4.99 Å². The van der Waals surface area contributed by atoms with Crippen LogP contribution in [0.1, 0.15) is 51.7 Å². The van der Waals surface area contributed by atoms with Crippen molar-refractivity contribution < 1.29 is 9.59 Å². The third-order valence-electron chi connectivity index (χ3n) is 4.33. The number of nitrogens with one attached hydrogen (secondary N) is 3. The Morgan fingerprint density at radius 3 is 2.50 bits per heavy atom.